The maximum Gasteiger partial charge on any atom is 0.191 e. The highest BCUT2D eigenvalue weighted by atomic mass is 127. The summed E-state index contributed by atoms with van der Waals surface area (Å²) in [5.74, 6) is 1.65. The molecule has 2 unspecified atom stereocenters. The van der Waals surface area contributed by atoms with Gasteiger partial charge in [0.1, 0.15) is 12.0 Å². The van der Waals surface area contributed by atoms with Crippen LogP contribution in [0.25, 0.3) is 0 Å². The van der Waals surface area contributed by atoms with E-state index in [0.717, 1.165) is 17.6 Å². The molecule has 0 aliphatic heterocycles. The molecule has 6 heteroatoms. The number of nitrogens with one attached hydrogen (secondary N) is 2. The fourth-order valence-electron chi connectivity index (χ4n) is 2.46. The summed E-state index contributed by atoms with van der Waals surface area (Å²) in [5.41, 5.74) is 0.884. The SMILES string of the molecule is CN=C(NCc1ccon1)NC1CCCC(C)C1.I. The summed E-state index contributed by atoms with van der Waals surface area (Å²) < 4.78 is 4.79. The number of guanidine groups is 1. The van der Waals surface area contributed by atoms with Gasteiger partial charge in [0.15, 0.2) is 5.96 Å². The van der Waals surface area contributed by atoms with Crippen molar-refractivity contribution in [1.29, 1.82) is 0 Å². The maximum atomic E-state index is 4.79. The summed E-state index contributed by atoms with van der Waals surface area (Å²) in [5, 5.41) is 10.6. The molecule has 1 heterocycles. The van der Waals surface area contributed by atoms with Crippen molar-refractivity contribution in [3.05, 3.63) is 18.0 Å². The van der Waals surface area contributed by atoms with E-state index >= 15 is 0 Å². The molecule has 108 valence electrons. The van der Waals surface area contributed by atoms with Gasteiger partial charge in [-0.2, -0.15) is 0 Å². The smallest absolute Gasteiger partial charge is 0.191 e. The van der Waals surface area contributed by atoms with E-state index in [9.17, 15) is 0 Å². The van der Waals surface area contributed by atoms with E-state index in [2.05, 4.69) is 27.7 Å². The van der Waals surface area contributed by atoms with Gasteiger partial charge in [-0.15, -0.1) is 24.0 Å². The molecule has 2 N–H and O–H groups in total. The number of rotatable bonds is 3. The Morgan fingerprint density at radius 1 is 1.53 bits per heavy atom. The normalized spacial score (nSPS) is 23.6. The summed E-state index contributed by atoms with van der Waals surface area (Å²) in [6.07, 6.45) is 6.69. The average molecular weight is 378 g/mol. The molecule has 0 amide bonds. The van der Waals surface area contributed by atoms with Crippen LogP contribution in [0.5, 0.6) is 0 Å². The summed E-state index contributed by atoms with van der Waals surface area (Å²) in [6, 6.07) is 2.39. The average Bonchev–Trinajstić information content (AvgIpc) is 2.87. The number of hydrogen-bond acceptors (Lipinski definition) is 3. The Hall–Kier alpha value is -0.790. The summed E-state index contributed by atoms with van der Waals surface area (Å²) >= 11 is 0. The van der Waals surface area contributed by atoms with Crippen LogP contribution < -0.4 is 10.6 Å². The molecule has 0 bridgehead atoms. The van der Waals surface area contributed by atoms with Crippen molar-refractivity contribution in [2.75, 3.05) is 7.05 Å². The van der Waals surface area contributed by atoms with Crippen molar-refractivity contribution in [3.63, 3.8) is 0 Å². The molecule has 2 atom stereocenters. The first-order chi connectivity index (χ1) is 8.78. The van der Waals surface area contributed by atoms with Gasteiger partial charge in [-0.25, -0.2) is 0 Å². The second kappa shape index (κ2) is 8.39. The summed E-state index contributed by atoms with van der Waals surface area (Å²) in [6.45, 7) is 2.96. The topological polar surface area (TPSA) is 62.5 Å². The lowest BCUT2D eigenvalue weighted by Crippen LogP contribution is -2.44. The minimum Gasteiger partial charge on any atom is -0.364 e. The Kier molecular flexibility index (Phi) is 7.19. The van der Waals surface area contributed by atoms with Crippen LogP contribution in [0.15, 0.2) is 21.8 Å². The lowest BCUT2D eigenvalue weighted by Gasteiger charge is -2.28. The number of aliphatic imine (C=N–C) groups is 1. The Morgan fingerprint density at radius 2 is 2.37 bits per heavy atom. The van der Waals surface area contributed by atoms with Crippen LogP contribution in [0, 0.1) is 5.92 Å². The molecule has 1 aromatic heterocycles. The van der Waals surface area contributed by atoms with E-state index in [0.29, 0.717) is 12.6 Å². The van der Waals surface area contributed by atoms with Gasteiger partial charge in [-0.3, -0.25) is 4.99 Å². The van der Waals surface area contributed by atoms with Crippen LogP contribution in [-0.4, -0.2) is 24.2 Å². The highest BCUT2D eigenvalue weighted by Gasteiger charge is 2.19. The van der Waals surface area contributed by atoms with Crippen LogP contribution in [0.4, 0.5) is 0 Å². The van der Waals surface area contributed by atoms with E-state index in [4.69, 9.17) is 4.52 Å². The number of hydrogen-bond donors (Lipinski definition) is 2. The number of halogens is 1. The molecule has 1 aliphatic carbocycles. The molecule has 5 nitrogen and oxygen atoms in total. The van der Waals surface area contributed by atoms with Crippen LogP contribution in [0.3, 0.4) is 0 Å². The van der Waals surface area contributed by atoms with Gasteiger partial charge in [-0.05, 0) is 18.8 Å². The molecule has 1 saturated carbocycles. The van der Waals surface area contributed by atoms with Crippen LogP contribution in [0.2, 0.25) is 0 Å². The third kappa shape index (κ3) is 5.38. The Bertz CT molecular complexity index is 380. The van der Waals surface area contributed by atoms with Gasteiger partial charge in [0.2, 0.25) is 0 Å². The predicted molar refractivity (Wildman–Crippen MR) is 86.7 cm³/mol. The number of nitrogens with zero attached hydrogens (tertiary/aromatic N) is 2. The fraction of sp³-hybridized carbons (Fsp3) is 0.692. The third-order valence-electron chi connectivity index (χ3n) is 3.43. The largest absolute Gasteiger partial charge is 0.364 e. The van der Waals surface area contributed by atoms with Gasteiger partial charge < -0.3 is 15.2 Å². The van der Waals surface area contributed by atoms with Gasteiger partial charge in [0.05, 0.1) is 6.54 Å². The molecule has 0 spiro atoms. The zero-order chi connectivity index (χ0) is 12.8. The molecule has 19 heavy (non-hydrogen) atoms. The second-order valence-electron chi connectivity index (χ2n) is 5.03. The minimum absolute atomic E-state index is 0. The highest BCUT2D eigenvalue weighted by Crippen LogP contribution is 2.23. The van der Waals surface area contributed by atoms with Crippen molar-refractivity contribution >= 4 is 29.9 Å². The van der Waals surface area contributed by atoms with E-state index in [-0.39, 0.29) is 24.0 Å². The minimum atomic E-state index is 0. The zero-order valence-electron chi connectivity index (χ0n) is 11.6. The highest BCUT2D eigenvalue weighted by molar-refractivity contribution is 14.0. The molecule has 2 rings (SSSR count). The fourth-order valence-corrected chi connectivity index (χ4v) is 2.46. The Morgan fingerprint density at radius 3 is 3.00 bits per heavy atom. The molecule has 1 aliphatic rings. The van der Waals surface area contributed by atoms with E-state index in [1.165, 1.54) is 25.7 Å². The van der Waals surface area contributed by atoms with Gasteiger partial charge in [0, 0.05) is 19.2 Å². The monoisotopic (exact) mass is 378 g/mol. The van der Waals surface area contributed by atoms with Gasteiger partial charge >= 0.3 is 0 Å². The lowest BCUT2D eigenvalue weighted by molar-refractivity contribution is 0.324. The molecule has 1 aromatic rings. The number of aromatic nitrogens is 1. The van der Waals surface area contributed by atoms with Crippen LogP contribution >= 0.6 is 24.0 Å². The van der Waals surface area contributed by atoms with Crippen molar-refractivity contribution < 1.29 is 4.52 Å². The first-order valence-electron chi connectivity index (χ1n) is 6.64. The van der Waals surface area contributed by atoms with Crippen molar-refractivity contribution in [2.24, 2.45) is 10.9 Å². The first kappa shape index (κ1) is 16.3. The maximum absolute atomic E-state index is 4.79. The second-order valence-corrected chi connectivity index (χ2v) is 5.03. The standard InChI is InChI=1S/C13H22N4O.HI/c1-10-4-3-5-11(8-10)16-13(14-2)15-9-12-6-7-18-17-12;/h6-7,10-11H,3-5,8-9H2,1-2H3,(H2,14,15,16);1H. The molecule has 0 saturated heterocycles. The first-order valence-corrected chi connectivity index (χ1v) is 6.64. The van der Waals surface area contributed by atoms with E-state index < -0.39 is 0 Å². The molecule has 1 fully saturated rings. The molecular formula is C13H23IN4O. The predicted octanol–water partition coefficient (Wildman–Crippen LogP) is 2.54. The van der Waals surface area contributed by atoms with Gasteiger partial charge in [-0.1, -0.05) is 24.9 Å². The van der Waals surface area contributed by atoms with E-state index in [1.54, 1.807) is 13.3 Å². The van der Waals surface area contributed by atoms with Crippen molar-refractivity contribution in [1.82, 2.24) is 15.8 Å². The lowest BCUT2D eigenvalue weighted by atomic mass is 9.87. The Labute approximate surface area is 131 Å². The van der Waals surface area contributed by atoms with Crippen LogP contribution in [-0.2, 0) is 6.54 Å². The Balaban J connectivity index is 0.00000180. The molecule has 0 radical (unpaired) electrons. The van der Waals surface area contributed by atoms with Gasteiger partial charge in [0.25, 0.3) is 0 Å². The quantitative estimate of drug-likeness (QED) is 0.482. The zero-order valence-corrected chi connectivity index (χ0v) is 13.9. The molecule has 0 aromatic carbocycles. The van der Waals surface area contributed by atoms with Crippen molar-refractivity contribution in [2.45, 2.75) is 45.2 Å². The summed E-state index contributed by atoms with van der Waals surface area (Å²) in [4.78, 5) is 4.24. The molecular weight excluding hydrogens is 355 g/mol. The van der Waals surface area contributed by atoms with Crippen LogP contribution in [0.1, 0.15) is 38.3 Å². The van der Waals surface area contributed by atoms with Crippen molar-refractivity contribution in [3.8, 4) is 0 Å². The third-order valence-corrected chi connectivity index (χ3v) is 3.43. The summed E-state index contributed by atoms with van der Waals surface area (Å²) in [7, 11) is 1.80. The van der Waals surface area contributed by atoms with E-state index in [1.807, 2.05) is 6.07 Å².